The van der Waals surface area contributed by atoms with Gasteiger partial charge in [0, 0.05) is 23.3 Å². The summed E-state index contributed by atoms with van der Waals surface area (Å²) in [7, 11) is -3.41. The maximum atomic E-state index is 12.0. The molecular weight excluding hydrogens is 284 g/mol. The van der Waals surface area contributed by atoms with Gasteiger partial charge in [0.05, 0.1) is 17.6 Å². The van der Waals surface area contributed by atoms with Gasteiger partial charge < -0.3 is 10.1 Å². The van der Waals surface area contributed by atoms with Crippen LogP contribution in [0, 0.1) is 0 Å². The molecule has 110 valence electrons. The number of nitrogens with one attached hydrogen (secondary N) is 2. The van der Waals surface area contributed by atoms with E-state index >= 15 is 0 Å². The molecule has 0 aliphatic heterocycles. The smallest absolute Gasteiger partial charge is 0.241 e. The highest BCUT2D eigenvalue weighted by atomic mass is 32.2. The molecule has 0 saturated carbocycles. The van der Waals surface area contributed by atoms with Crippen LogP contribution >= 0.6 is 11.3 Å². The van der Waals surface area contributed by atoms with Gasteiger partial charge in [0.25, 0.3) is 0 Å². The van der Waals surface area contributed by atoms with Gasteiger partial charge >= 0.3 is 0 Å². The highest BCUT2D eigenvalue weighted by molar-refractivity contribution is 7.89. The third kappa shape index (κ3) is 6.01. The van der Waals surface area contributed by atoms with E-state index in [9.17, 15) is 8.42 Å². The summed E-state index contributed by atoms with van der Waals surface area (Å²) in [5.74, 6) is 0. The minimum Gasteiger partial charge on any atom is -0.377 e. The molecule has 0 amide bonds. The van der Waals surface area contributed by atoms with Crippen LogP contribution in [-0.4, -0.2) is 34.2 Å². The van der Waals surface area contributed by atoms with E-state index in [0.717, 1.165) is 11.4 Å². The molecule has 0 fully saturated rings. The van der Waals surface area contributed by atoms with Gasteiger partial charge in [-0.1, -0.05) is 6.92 Å². The van der Waals surface area contributed by atoms with Crippen molar-refractivity contribution in [2.75, 3.05) is 19.7 Å². The lowest BCUT2D eigenvalue weighted by molar-refractivity contribution is 0.0834. The fraction of sp³-hybridized carbons (Fsp3) is 0.667. The van der Waals surface area contributed by atoms with Crippen molar-refractivity contribution in [3.63, 3.8) is 0 Å². The molecule has 0 radical (unpaired) electrons. The Balaban J connectivity index is 2.50. The van der Waals surface area contributed by atoms with Crippen LogP contribution in [0.25, 0.3) is 0 Å². The molecule has 0 aliphatic carbocycles. The van der Waals surface area contributed by atoms with E-state index < -0.39 is 10.0 Å². The maximum absolute atomic E-state index is 12.0. The van der Waals surface area contributed by atoms with Crippen molar-refractivity contribution in [1.82, 2.24) is 10.0 Å². The number of thiophene rings is 1. The molecule has 0 spiro atoms. The molecule has 0 saturated heterocycles. The summed E-state index contributed by atoms with van der Waals surface area (Å²) in [6.45, 7) is 8.09. The van der Waals surface area contributed by atoms with E-state index in [1.54, 1.807) is 11.4 Å². The van der Waals surface area contributed by atoms with Crippen LogP contribution in [0.1, 0.15) is 25.6 Å². The van der Waals surface area contributed by atoms with Gasteiger partial charge in [-0.25, -0.2) is 13.1 Å². The first-order valence-corrected chi connectivity index (χ1v) is 8.71. The summed E-state index contributed by atoms with van der Waals surface area (Å²) in [4.78, 5) is 1.34. The molecule has 1 heterocycles. The van der Waals surface area contributed by atoms with Gasteiger partial charge in [0.15, 0.2) is 0 Å². The molecule has 0 bridgehead atoms. The Morgan fingerprint density at radius 3 is 2.79 bits per heavy atom. The van der Waals surface area contributed by atoms with Crippen molar-refractivity contribution >= 4 is 21.4 Å². The Morgan fingerprint density at radius 2 is 2.16 bits per heavy atom. The van der Waals surface area contributed by atoms with E-state index in [-0.39, 0.29) is 6.10 Å². The second kappa shape index (κ2) is 7.96. The third-order valence-electron chi connectivity index (χ3n) is 2.33. The first-order chi connectivity index (χ1) is 8.95. The lowest BCUT2D eigenvalue weighted by Crippen LogP contribution is -2.28. The van der Waals surface area contributed by atoms with E-state index in [1.165, 1.54) is 11.3 Å². The quantitative estimate of drug-likeness (QED) is 0.680. The second-order valence-electron chi connectivity index (χ2n) is 4.35. The van der Waals surface area contributed by atoms with Crippen LogP contribution in [0.4, 0.5) is 0 Å². The minimum absolute atomic E-state index is 0.109. The van der Waals surface area contributed by atoms with E-state index in [2.05, 4.69) is 10.0 Å². The van der Waals surface area contributed by atoms with E-state index in [4.69, 9.17) is 4.74 Å². The number of hydrogen-bond acceptors (Lipinski definition) is 5. The first-order valence-electron chi connectivity index (χ1n) is 6.35. The topological polar surface area (TPSA) is 67.4 Å². The Bertz CT molecular complexity index is 469. The summed E-state index contributed by atoms with van der Waals surface area (Å²) in [5, 5.41) is 4.83. The fourth-order valence-electron chi connectivity index (χ4n) is 1.40. The molecule has 19 heavy (non-hydrogen) atoms. The van der Waals surface area contributed by atoms with Crippen molar-refractivity contribution in [2.45, 2.75) is 38.3 Å². The predicted molar refractivity (Wildman–Crippen MR) is 78.0 cm³/mol. The summed E-state index contributed by atoms with van der Waals surface area (Å²) >= 11 is 1.45. The molecule has 0 unspecified atom stereocenters. The van der Waals surface area contributed by atoms with Gasteiger partial charge in [-0.05, 0) is 26.5 Å². The number of sulfonamides is 1. The van der Waals surface area contributed by atoms with Gasteiger partial charge in [0.2, 0.25) is 10.0 Å². The highest BCUT2D eigenvalue weighted by Gasteiger charge is 2.15. The van der Waals surface area contributed by atoms with Gasteiger partial charge in [-0.2, -0.15) is 0 Å². The zero-order valence-electron chi connectivity index (χ0n) is 11.6. The van der Waals surface area contributed by atoms with Crippen molar-refractivity contribution in [3.05, 3.63) is 16.3 Å². The molecule has 0 atom stereocenters. The molecule has 5 nitrogen and oxygen atoms in total. The Labute approximate surface area is 119 Å². The van der Waals surface area contributed by atoms with Crippen LogP contribution in [0.2, 0.25) is 0 Å². The molecule has 0 aromatic carbocycles. The average Bonchev–Trinajstić information content (AvgIpc) is 2.81. The summed E-state index contributed by atoms with van der Waals surface area (Å²) in [5.41, 5.74) is 0. The SMILES string of the molecule is CCNCc1cc(S(=O)(=O)NCCOC(C)C)cs1. The molecule has 7 heteroatoms. The number of ether oxygens (including phenoxy) is 1. The monoisotopic (exact) mass is 306 g/mol. The number of hydrogen-bond donors (Lipinski definition) is 2. The predicted octanol–water partition coefficient (Wildman–Crippen LogP) is 1.56. The van der Waals surface area contributed by atoms with Crippen molar-refractivity contribution in [2.24, 2.45) is 0 Å². The number of rotatable bonds is 9. The van der Waals surface area contributed by atoms with Crippen molar-refractivity contribution < 1.29 is 13.2 Å². The summed E-state index contributed by atoms with van der Waals surface area (Å²) < 4.78 is 31.8. The molecule has 1 rings (SSSR count). The van der Waals surface area contributed by atoms with E-state index in [0.29, 0.717) is 24.6 Å². The van der Waals surface area contributed by atoms with Crippen LogP contribution in [0.5, 0.6) is 0 Å². The summed E-state index contributed by atoms with van der Waals surface area (Å²) in [6.07, 6.45) is 0.109. The normalized spacial score (nSPS) is 12.2. The average molecular weight is 306 g/mol. The second-order valence-corrected chi connectivity index (χ2v) is 7.11. The van der Waals surface area contributed by atoms with Gasteiger partial charge in [-0.3, -0.25) is 0 Å². The minimum atomic E-state index is -3.41. The standard InChI is InChI=1S/C12H22N2O3S2/c1-4-13-8-11-7-12(9-18-11)19(15,16)14-5-6-17-10(2)3/h7,9-10,13-14H,4-6,8H2,1-3H3. The van der Waals surface area contributed by atoms with Crippen LogP contribution in [0.15, 0.2) is 16.3 Å². The molecule has 1 aromatic rings. The molecular formula is C12H22N2O3S2. The summed E-state index contributed by atoms with van der Waals surface area (Å²) in [6, 6.07) is 1.71. The third-order valence-corrected chi connectivity index (χ3v) is 4.86. The van der Waals surface area contributed by atoms with Crippen molar-refractivity contribution in [1.29, 1.82) is 0 Å². The maximum Gasteiger partial charge on any atom is 0.241 e. The molecule has 1 aromatic heterocycles. The van der Waals surface area contributed by atoms with Crippen LogP contribution < -0.4 is 10.0 Å². The molecule has 2 N–H and O–H groups in total. The highest BCUT2D eigenvalue weighted by Crippen LogP contribution is 2.18. The zero-order valence-corrected chi connectivity index (χ0v) is 13.2. The Hall–Kier alpha value is -0.470. The zero-order chi connectivity index (χ0) is 14.3. The van der Waals surface area contributed by atoms with Gasteiger partial charge in [0.1, 0.15) is 0 Å². The van der Waals surface area contributed by atoms with Crippen LogP contribution in [-0.2, 0) is 21.3 Å². The lowest BCUT2D eigenvalue weighted by Gasteiger charge is -2.08. The molecule has 0 aliphatic rings. The Morgan fingerprint density at radius 1 is 1.42 bits per heavy atom. The van der Waals surface area contributed by atoms with Crippen molar-refractivity contribution in [3.8, 4) is 0 Å². The Kier molecular flexibility index (Phi) is 6.95. The van der Waals surface area contributed by atoms with E-state index in [1.807, 2.05) is 20.8 Å². The van der Waals surface area contributed by atoms with Crippen LogP contribution in [0.3, 0.4) is 0 Å². The largest absolute Gasteiger partial charge is 0.377 e. The fourth-order valence-corrected chi connectivity index (χ4v) is 3.65. The van der Waals surface area contributed by atoms with Gasteiger partial charge in [-0.15, -0.1) is 11.3 Å². The lowest BCUT2D eigenvalue weighted by atomic mass is 10.4. The first kappa shape index (κ1) is 16.6.